The lowest BCUT2D eigenvalue weighted by Gasteiger charge is -2.14. The highest BCUT2D eigenvalue weighted by Crippen LogP contribution is 2.39. The van der Waals surface area contributed by atoms with Gasteiger partial charge in [-0.3, -0.25) is 9.69 Å². The van der Waals surface area contributed by atoms with E-state index in [1.807, 2.05) is 32.0 Å². The molecule has 4 rings (SSSR count). The highest BCUT2D eigenvalue weighted by molar-refractivity contribution is 6.04. The number of aryl methyl sites for hydroxylation is 1. The SMILES string of the molecule is Cc1cccc([C@@H]2NC(=O)N(Cc3noc(C4CC4)n3)C2=O)c1C. The van der Waals surface area contributed by atoms with E-state index in [4.69, 9.17) is 4.52 Å². The van der Waals surface area contributed by atoms with E-state index in [9.17, 15) is 9.59 Å². The molecular weight excluding hydrogens is 308 g/mol. The molecule has 1 N–H and O–H groups in total. The van der Waals surface area contributed by atoms with Crippen molar-refractivity contribution in [2.24, 2.45) is 0 Å². The van der Waals surface area contributed by atoms with E-state index < -0.39 is 12.1 Å². The summed E-state index contributed by atoms with van der Waals surface area (Å²) in [4.78, 5) is 30.4. The number of benzene rings is 1. The lowest BCUT2D eigenvalue weighted by Crippen LogP contribution is -2.30. The van der Waals surface area contributed by atoms with Crippen LogP contribution in [0.2, 0.25) is 0 Å². The van der Waals surface area contributed by atoms with Crippen molar-refractivity contribution in [2.45, 2.75) is 45.2 Å². The lowest BCUT2D eigenvalue weighted by molar-refractivity contribution is -0.128. The number of urea groups is 1. The van der Waals surface area contributed by atoms with Crippen LogP contribution < -0.4 is 5.32 Å². The summed E-state index contributed by atoms with van der Waals surface area (Å²) < 4.78 is 5.18. The summed E-state index contributed by atoms with van der Waals surface area (Å²) in [5, 5.41) is 6.63. The molecule has 2 aromatic rings. The van der Waals surface area contributed by atoms with Gasteiger partial charge >= 0.3 is 6.03 Å². The van der Waals surface area contributed by atoms with Gasteiger partial charge in [-0.05, 0) is 43.4 Å². The van der Waals surface area contributed by atoms with Crippen LogP contribution in [0, 0.1) is 13.8 Å². The van der Waals surface area contributed by atoms with Crippen molar-refractivity contribution in [2.75, 3.05) is 0 Å². The van der Waals surface area contributed by atoms with Crippen LogP contribution >= 0.6 is 0 Å². The first-order chi connectivity index (χ1) is 11.5. The largest absolute Gasteiger partial charge is 0.339 e. The van der Waals surface area contributed by atoms with Gasteiger partial charge in [0.25, 0.3) is 5.91 Å². The maximum Gasteiger partial charge on any atom is 0.325 e. The fourth-order valence-corrected chi connectivity index (χ4v) is 2.94. The maximum absolute atomic E-state index is 12.7. The van der Waals surface area contributed by atoms with Crippen molar-refractivity contribution in [3.8, 4) is 0 Å². The average Bonchev–Trinajstić information content (AvgIpc) is 3.25. The molecule has 7 nitrogen and oxygen atoms in total. The summed E-state index contributed by atoms with van der Waals surface area (Å²) >= 11 is 0. The first kappa shape index (κ1) is 14.9. The van der Waals surface area contributed by atoms with Crippen molar-refractivity contribution in [1.29, 1.82) is 0 Å². The molecular formula is C17H18N4O3. The van der Waals surface area contributed by atoms with Crippen LogP contribution in [0.5, 0.6) is 0 Å². The van der Waals surface area contributed by atoms with Crippen molar-refractivity contribution in [3.05, 3.63) is 46.6 Å². The number of hydrogen-bond acceptors (Lipinski definition) is 5. The van der Waals surface area contributed by atoms with Gasteiger partial charge in [0.2, 0.25) is 5.89 Å². The normalized spacial score (nSPS) is 20.6. The zero-order valence-corrected chi connectivity index (χ0v) is 13.6. The molecule has 2 heterocycles. The average molecular weight is 326 g/mol. The smallest absolute Gasteiger partial charge is 0.325 e. The van der Waals surface area contributed by atoms with Gasteiger partial charge < -0.3 is 9.84 Å². The third-order valence-electron chi connectivity index (χ3n) is 4.69. The maximum atomic E-state index is 12.7. The van der Waals surface area contributed by atoms with Crippen LogP contribution in [0.25, 0.3) is 0 Å². The minimum atomic E-state index is -0.660. The van der Waals surface area contributed by atoms with Gasteiger partial charge in [0.05, 0.1) is 6.54 Å². The van der Waals surface area contributed by atoms with Crippen LogP contribution in [0.3, 0.4) is 0 Å². The van der Waals surface area contributed by atoms with E-state index in [0.717, 1.165) is 34.4 Å². The Morgan fingerprint density at radius 2 is 2.08 bits per heavy atom. The molecule has 24 heavy (non-hydrogen) atoms. The van der Waals surface area contributed by atoms with Gasteiger partial charge in [-0.25, -0.2) is 4.79 Å². The number of carbonyl (C=O) groups is 2. The Bertz CT molecular complexity index is 825. The van der Waals surface area contributed by atoms with Crippen LogP contribution in [0.1, 0.15) is 53.2 Å². The number of amides is 3. The molecule has 1 atom stereocenters. The first-order valence-electron chi connectivity index (χ1n) is 8.05. The topological polar surface area (TPSA) is 88.3 Å². The Hall–Kier alpha value is -2.70. The second kappa shape index (κ2) is 5.43. The number of imide groups is 1. The number of nitrogens with one attached hydrogen (secondary N) is 1. The minimum Gasteiger partial charge on any atom is -0.339 e. The zero-order valence-electron chi connectivity index (χ0n) is 13.6. The second-order valence-corrected chi connectivity index (χ2v) is 6.42. The summed E-state index contributed by atoms with van der Waals surface area (Å²) in [6.45, 7) is 3.96. The predicted octanol–water partition coefficient (Wildman–Crippen LogP) is 2.36. The van der Waals surface area contributed by atoms with E-state index in [0.29, 0.717) is 17.6 Å². The highest BCUT2D eigenvalue weighted by Gasteiger charge is 2.40. The number of aromatic nitrogens is 2. The second-order valence-electron chi connectivity index (χ2n) is 6.42. The molecule has 124 valence electrons. The molecule has 0 bridgehead atoms. The monoisotopic (exact) mass is 326 g/mol. The molecule has 3 amide bonds. The summed E-state index contributed by atoms with van der Waals surface area (Å²) in [5.41, 5.74) is 2.91. The van der Waals surface area contributed by atoms with E-state index in [1.165, 1.54) is 0 Å². The van der Waals surface area contributed by atoms with Crippen molar-refractivity contribution in [3.63, 3.8) is 0 Å². The van der Waals surface area contributed by atoms with Crippen LogP contribution in [0.15, 0.2) is 22.7 Å². The molecule has 1 aromatic heterocycles. The minimum absolute atomic E-state index is 0.0300. The molecule has 0 radical (unpaired) electrons. The van der Waals surface area contributed by atoms with E-state index >= 15 is 0 Å². The Balaban J connectivity index is 1.55. The molecule has 0 unspecified atom stereocenters. The number of rotatable bonds is 4. The number of nitrogens with zero attached hydrogens (tertiary/aromatic N) is 3. The van der Waals surface area contributed by atoms with Gasteiger partial charge in [-0.2, -0.15) is 4.98 Å². The Morgan fingerprint density at radius 1 is 1.29 bits per heavy atom. The van der Waals surface area contributed by atoms with E-state index in [1.54, 1.807) is 0 Å². The van der Waals surface area contributed by atoms with Crippen molar-refractivity contribution >= 4 is 11.9 Å². The lowest BCUT2D eigenvalue weighted by atomic mass is 9.97. The van der Waals surface area contributed by atoms with Gasteiger partial charge in [-0.15, -0.1) is 0 Å². The number of hydrogen-bond donors (Lipinski definition) is 1. The molecule has 1 aliphatic carbocycles. The van der Waals surface area contributed by atoms with Crippen LogP contribution in [0.4, 0.5) is 4.79 Å². The Morgan fingerprint density at radius 3 is 2.83 bits per heavy atom. The first-order valence-corrected chi connectivity index (χ1v) is 8.05. The molecule has 2 fully saturated rings. The molecule has 0 spiro atoms. The molecule has 1 aromatic carbocycles. The van der Waals surface area contributed by atoms with Crippen LogP contribution in [-0.4, -0.2) is 27.0 Å². The molecule has 1 aliphatic heterocycles. The summed E-state index contributed by atoms with van der Waals surface area (Å²) in [6.07, 6.45) is 2.11. The van der Waals surface area contributed by atoms with Crippen LogP contribution in [-0.2, 0) is 11.3 Å². The highest BCUT2D eigenvalue weighted by atomic mass is 16.5. The van der Waals surface area contributed by atoms with Crippen molar-refractivity contribution in [1.82, 2.24) is 20.4 Å². The summed E-state index contributed by atoms with van der Waals surface area (Å²) in [7, 11) is 0. The van der Waals surface area contributed by atoms with Crippen molar-refractivity contribution < 1.29 is 14.1 Å². The number of carbonyl (C=O) groups excluding carboxylic acids is 2. The van der Waals surface area contributed by atoms with Gasteiger partial charge in [0, 0.05) is 5.92 Å². The van der Waals surface area contributed by atoms with Gasteiger partial charge in [0.15, 0.2) is 5.82 Å². The predicted molar refractivity (Wildman–Crippen MR) is 84.0 cm³/mol. The third-order valence-corrected chi connectivity index (χ3v) is 4.69. The summed E-state index contributed by atoms with van der Waals surface area (Å²) in [6, 6.07) is 4.65. The molecule has 1 saturated heterocycles. The Kier molecular flexibility index (Phi) is 3.37. The van der Waals surface area contributed by atoms with E-state index in [-0.39, 0.29) is 12.5 Å². The fourth-order valence-electron chi connectivity index (χ4n) is 2.94. The molecule has 7 heteroatoms. The fraction of sp³-hybridized carbons (Fsp3) is 0.412. The van der Waals surface area contributed by atoms with Gasteiger partial charge in [-0.1, -0.05) is 23.4 Å². The zero-order chi connectivity index (χ0) is 16.8. The van der Waals surface area contributed by atoms with E-state index in [2.05, 4.69) is 15.5 Å². The Labute approximate surface area is 139 Å². The summed E-state index contributed by atoms with van der Waals surface area (Å²) in [5.74, 6) is 1.02. The molecule has 1 saturated carbocycles. The van der Waals surface area contributed by atoms with Gasteiger partial charge in [0.1, 0.15) is 6.04 Å². The quantitative estimate of drug-likeness (QED) is 0.871. The third kappa shape index (κ3) is 2.46. The molecule has 2 aliphatic rings. The standard InChI is InChI=1S/C17H18N4O3/c1-9-4-3-5-12(10(9)2)14-16(22)21(17(23)19-14)8-13-18-15(24-20-13)11-6-7-11/h3-5,11,14H,6-8H2,1-2H3,(H,19,23)/t14-/m0/s1.